The standard InChI is InChI=1S/C10H20O2/c1-5-8-9(4)10(11-6-2)12-7-3/h8,10H,5-7H2,1-4H3. The molecule has 0 aliphatic rings. The first-order chi connectivity index (χ1) is 5.76. The van der Waals surface area contributed by atoms with E-state index in [4.69, 9.17) is 9.47 Å². The van der Waals surface area contributed by atoms with E-state index in [1.54, 1.807) is 0 Å². The van der Waals surface area contributed by atoms with E-state index in [1.807, 2.05) is 20.8 Å². The highest BCUT2D eigenvalue weighted by molar-refractivity contribution is 5.01. The van der Waals surface area contributed by atoms with Crippen molar-refractivity contribution in [1.29, 1.82) is 0 Å². The Hall–Kier alpha value is -0.340. The molecule has 12 heavy (non-hydrogen) atoms. The van der Waals surface area contributed by atoms with Crippen molar-refractivity contribution in [2.75, 3.05) is 13.2 Å². The first kappa shape index (κ1) is 11.7. The lowest BCUT2D eigenvalue weighted by atomic mass is 10.2. The molecule has 0 bridgehead atoms. The van der Waals surface area contributed by atoms with E-state index in [-0.39, 0.29) is 6.29 Å². The number of hydrogen-bond donors (Lipinski definition) is 0. The van der Waals surface area contributed by atoms with Crippen LogP contribution < -0.4 is 0 Å². The van der Waals surface area contributed by atoms with Gasteiger partial charge in [0.05, 0.1) is 0 Å². The van der Waals surface area contributed by atoms with Crippen LogP contribution in [0.1, 0.15) is 34.1 Å². The number of hydrogen-bond acceptors (Lipinski definition) is 2. The molecule has 2 nitrogen and oxygen atoms in total. The fourth-order valence-electron chi connectivity index (χ4n) is 1.03. The lowest BCUT2D eigenvalue weighted by Crippen LogP contribution is -2.18. The third-order valence-corrected chi connectivity index (χ3v) is 1.53. The predicted molar refractivity (Wildman–Crippen MR) is 51.1 cm³/mol. The quantitative estimate of drug-likeness (QED) is 0.453. The Kier molecular flexibility index (Phi) is 7.11. The zero-order chi connectivity index (χ0) is 9.40. The maximum absolute atomic E-state index is 5.41. The van der Waals surface area contributed by atoms with Crippen molar-refractivity contribution < 1.29 is 9.47 Å². The molecule has 0 heterocycles. The fourth-order valence-corrected chi connectivity index (χ4v) is 1.03. The molecule has 0 fully saturated rings. The lowest BCUT2D eigenvalue weighted by molar-refractivity contribution is -0.111. The molecule has 0 saturated heterocycles. The van der Waals surface area contributed by atoms with E-state index >= 15 is 0 Å². The van der Waals surface area contributed by atoms with E-state index in [0.29, 0.717) is 13.2 Å². The second-order valence-corrected chi connectivity index (χ2v) is 2.60. The molecule has 72 valence electrons. The fraction of sp³-hybridized carbons (Fsp3) is 0.800. The van der Waals surface area contributed by atoms with Gasteiger partial charge in [-0.05, 0) is 32.8 Å². The zero-order valence-corrected chi connectivity index (χ0v) is 8.59. The van der Waals surface area contributed by atoms with Crippen LogP contribution >= 0.6 is 0 Å². The summed E-state index contributed by atoms with van der Waals surface area (Å²) >= 11 is 0. The molecule has 0 saturated carbocycles. The van der Waals surface area contributed by atoms with E-state index in [0.717, 1.165) is 6.42 Å². The molecule has 0 aromatic rings. The smallest absolute Gasteiger partial charge is 0.179 e. The Morgan fingerprint density at radius 2 is 1.67 bits per heavy atom. The molecule has 0 aliphatic carbocycles. The Morgan fingerprint density at radius 1 is 1.17 bits per heavy atom. The van der Waals surface area contributed by atoms with Gasteiger partial charge in [0, 0.05) is 13.2 Å². The minimum Gasteiger partial charge on any atom is -0.349 e. The van der Waals surface area contributed by atoms with Crippen molar-refractivity contribution in [3.63, 3.8) is 0 Å². The molecule has 0 unspecified atom stereocenters. The van der Waals surface area contributed by atoms with Gasteiger partial charge in [-0.3, -0.25) is 0 Å². The van der Waals surface area contributed by atoms with Gasteiger partial charge in [-0.15, -0.1) is 0 Å². The Labute approximate surface area is 75.6 Å². The molecule has 0 aromatic carbocycles. The zero-order valence-electron chi connectivity index (χ0n) is 8.59. The molecule has 0 spiro atoms. The molecule has 0 rings (SSSR count). The van der Waals surface area contributed by atoms with E-state index in [9.17, 15) is 0 Å². The molecule has 0 radical (unpaired) electrons. The van der Waals surface area contributed by atoms with Gasteiger partial charge in [0.25, 0.3) is 0 Å². The van der Waals surface area contributed by atoms with Crippen molar-refractivity contribution in [3.05, 3.63) is 11.6 Å². The van der Waals surface area contributed by atoms with Crippen molar-refractivity contribution in [1.82, 2.24) is 0 Å². The van der Waals surface area contributed by atoms with E-state index in [1.165, 1.54) is 5.57 Å². The summed E-state index contributed by atoms with van der Waals surface area (Å²) in [5, 5.41) is 0. The second-order valence-electron chi connectivity index (χ2n) is 2.60. The van der Waals surface area contributed by atoms with Gasteiger partial charge in [-0.25, -0.2) is 0 Å². The van der Waals surface area contributed by atoms with Crippen LogP contribution in [0.25, 0.3) is 0 Å². The van der Waals surface area contributed by atoms with Crippen LogP contribution in [0, 0.1) is 0 Å². The highest BCUT2D eigenvalue weighted by Gasteiger charge is 2.08. The summed E-state index contributed by atoms with van der Waals surface area (Å²) in [4.78, 5) is 0. The number of ether oxygens (including phenoxy) is 2. The Bertz CT molecular complexity index is 124. The molecule has 0 aromatic heterocycles. The molecule has 0 N–H and O–H groups in total. The van der Waals surface area contributed by atoms with Crippen LogP contribution in [-0.4, -0.2) is 19.5 Å². The van der Waals surface area contributed by atoms with E-state index in [2.05, 4.69) is 13.0 Å². The number of allylic oxidation sites excluding steroid dienone is 1. The minimum atomic E-state index is -0.139. The molecule has 0 atom stereocenters. The van der Waals surface area contributed by atoms with Crippen LogP contribution in [0.5, 0.6) is 0 Å². The second kappa shape index (κ2) is 7.32. The highest BCUT2D eigenvalue weighted by Crippen LogP contribution is 2.08. The van der Waals surface area contributed by atoms with Crippen LogP contribution in [-0.2, 0) is 9.47 Å². The predicted octanol–water partition coefficient (Wildman–Crippen LogP) is 2.74. The number of rotatable bonds is 6. The van der Waals surface area contributed by atoms with Gasteiger partial charge >= 0.3 is 0 Å². The summed E-state index contributed by atoms with van der Waals surface area (Å²) in [5.41, 5.74) is 1.17. The lowest BCUT2D eigenvalue weighted by Gasteiger charge is -2.17. The normalized spacial score (nSPS) is 12.6. The van der Waals surface area contributed by atoms with Crippen molar-refractivity contribution in [2.45, 2.75) is 40.4 Å². The molecule has 0 amide bonds. The summed E-state index contributed by atoms with van der Waals surface area (Å²) in [5.74, 6) is 0. The SMILES string of the molecule is CCC=C(C)C(OCC)OCC. The van der Waals surface area contributed by atoms with Gasteiger partial charge in [0.1, 0.15) is 0 Å². The minimum absolute atomic E-state index is 0.139. The first-order valence-electron chi connectivity index (χ1n) is 4.66. The summed E-state index contributed by atoms with van der Waals surface area (Å²) in [7, 11) is 0. The van der Waals surface area contributed by atoms with Gasteiger partial charge in [-0.1, -0.05) is 13.0 Å². The van der Waals surface area contributed by atoms with Gasteiger partial charge in [-0.2, -0.15) is 0 Å². The Morgan fingerprint density at radius 3 is 2.00 bits per heavy atom. The van der Waals surface area contributed by atoms with Gasteiger partial charge in [0.2, 0.25) is 0 Å². The van der Waals surface area contributed by atoms with Crippen molar-refractivity contribution in [3.8, 4) is 0 Å². The largest absolute Gasteiger partial charge is 0.349 e. The highest BCUT2D eigenvalue weighted by atomic mass is 16.7. The molecular weight excluding hydrogens is 152 g/mol. The van der Waals surface area contributed by atoms with Gasteiger partial charge < -0.3 is 9.47 Å². The molecule has 0 aliphatic heterocycles. The Balaban J connectivity index is 3.98. The van der Waals surface area contributed by atoms with Crippen LogP contribution in [0.15, 0.2) is 11.6 Å². The van der Waals surface area contributed by atoms with Crippen molar-refractivity contribution >= 4 is 0 Å². The van der Waals surface area contributed by atoms with Gasteiger partial charge in [0.15, 0.2) is 6.29 Å². The maximum Gasteiger partial charge on any atom is 0.179 e. The summed E-state index contributed by atoms with van der Waals surface area (Å²) < 4.78 is 10.8. The average Bonchev–Trinajstić information content (AvgIpc) is 2.04. The van der Waals surface area contributed by atoms with Crippen LogP contribution in [0.2, 0.25) is 0 Å². The van der Waals surface area contributed by atoms with Crippen LogP contribution in [0.3, 0.4) is 0 Å². The van der Waals surface area contributed by atoms with Crippen molar-refractivity contribution in [2.24, 2.45) is 0 Å². The summed E-state index contributed by atoms with van der Waals surface area (Å²) in [6.45, 7) is 9.49. The third kappa shape index (κ3) is 4.52. The van der Waals surface area contributed by atoms with E-state index < -0.39 is 0 Å². The summed E-state index contributed by atoms with van der Waals surface area (Å²) in [6.07, 6.45) is 3.03. The monoisotopic (exact) mass is 172 g/mol. The first-order valence-corrected chi connectivity index (χ1v) is 4.66. The average molecular weight is 172 g/mol. The molecular formula is C10H20O2. The third-order valence-electron chi connectivity index (χ3n) is 1.53. The maximum atomic E-state index is 5.41. The molecule has 2 heteroatoms. The summed E-state index contributed by atoms with van der Waals surface area (Å²) in [6, 6.07) is 0. The topological polar surface area (TPSA) is 18.5 Å². The van der Waals surface area contributed by atoms with Crippen LogP contribution in [0.4, 0.5) is 0 Å².